The Labute approximate surface area is 136 Å². The van der Waals surface area contributed by atoms with Crippen LogP contribution in [0.5, 0.6) is 11.5 Å². The summed E-state index contributed by atoms with van der Waals surface area (Å²) in [6, 6.07) is 8.79. The van der Waals surface area contributed by atoms with E-state index >= 15 is 0 Å². The second-order valence-corrected chi connectivity index (χ2v) is 5.18. The Kier molecular flexibility index (Phi) is 5.60. The smallest absolute Gasteiger partial charge is 0.277 e. The predicted octanol–water partition coefficient (Wildman–Crippen LogP) is 2.89. The summed E-state index contributed by atoms with van der Waals surface area (Å²) < 4.78 is 16.5. The number of methoxy groups -OCH3 is 1. The van der Waals surface area contributed by atoms with Crippen molar-refractivity contribution < 1.29 is 18.7 Å². The van der Waals surface area contributed by atoms with E-state index in [0.29, 0.717) is 21.7 Å². The minimum atomic E-state index is -0.373. The molecular formula is C15H15BrN2O4. The number of aryl methyl sites for hydroxylation is 1. The third kappa shape index (κ3) is 4.63. The third-order valence-electron chi connectivity index (χ3n) is 2.64. The van der Waals surface area contributed by atoms with Crippen LogP contribution in [0.25, 0.3) is 0 Å². The number of carbonyl (C=O) groups excluding carboxylic acids is 1. The molecule has 7 heteroatoms. The Morgan fingerprint density at radius 2 is 2.23 bits per heavy atom. The van der Waals surface area contributed by atoms with E-state index in [2.05, 4.69) is 26.5 Å². The van der Waals surface area contributed by atoms with Gasteiger partial charge in [0.15, 0.2) is 6.61 Å². The highest BCUT2D eigenvalue weighted by Gasteiger charge is 2.06. The molecule has 1 N–H and O–H groups in total. The van der Waals surface area contributed by atoms with Gasteiger partial charge < -0.3 is 13.9 Å². The van der Waals surface area contributed by atoms with Gasteiger partial charge >= 0.3 is 0 Å². The average molecular weight is 367 g/mol. The topological polar surface area (TPSA) is 73.1 Å². The van der Waals surface area contributed by atoms with Gasteiger partial charge in [-0.2, -0.15) is 5.10 Å². The van der Waals surface area contributed by atoms with Crippen LogP contribution in [-0.4, -0.2) is 25.8 Å². The van der Waals surface area contributed by atoms with Crippen LogP contribution in [0.1, 0.15) is 11.5 Å². The van der Waals surface area contributed by atoms with Gasteiger partial charge in [0.05, 0.1) is 17.8 Å². The molecule has 1 aromatic carbocycles. The summed E-state index contributed by atoms with van der Waals surface area (Å²) in [5.74, 6) is 2.21. The number of hydrogen-bond donors (Lipinski definition) is 1. The lowest BCUT2D eigenvalue weighted by Crippen LogP contribution is -2.24. The largest absolute Gasteiger partial charge is 0.497 e. The molecule has 2 aromatic rings. The lowest BCUT2D eigenvalue weighted by Gasteiger charge is -2.08. The highest BCUT2D eigenvalue weighted by atomic mass is 79.9. The number of nitrogens with one attached hydrogen (secondary N) is 1. The summed E-state index contributed by atoms with van der Waals surface area (Å²) in [7, 11) is 1.58. The molecule has 1 heterocycles. The maximum Gasteiger partial charge on any atom is 0.277 e. The van der Waals surface area contributed by atoms with Gasteiger partial charge in [-0.3, -0.25) is 4.79 Å². The van der Waals surface area contributed by atoms with Crippen LogP contribution in [0.4, 0.5) is 0 Å². The molecule has 0 aliphatic heterocycles. The Morgan fingerprint density at radius 1 is 1.41 bits per heavy atom. The summed E-state index contributed by atoms with van der Waals surface area (Å²) in [5, 5.41) is 3.79. The van der Waals surface area contributed by atoms with Crippen LogP contribution in [0, 0.1) is 6.92 Å². The predicted molar refractivity (Wildman–Crippen MR) is 85.4 cm³/mol. The fourth-order valence-electron chi connectivity index (χ4n) is 1.59. The van der Waals surface area contributed by atoms with E-state index in [4.69, 9.17) is 13.9 Å². The number of rotatable bonds is 6. The second kappa shape index (κ2) is 7.65. The molecule has 22 heavy (non-hydrogen) atoms. The van der Waals surface area contributed by atoms with E-state index in [1.807, 2.05) is 13.0 Å². The Balaban J connectivity index is 1.81. The van der Waals surface area contributed by atoms with Gasteiger partial charge in [0.25, 0.3) is 5.91 Å². The van der Waals surface area contributed by atoms with Gasteiger partial charge in [0.2, 0.25) is 0 Å². The van der Waals surface area contributed by atoms with Crippen molar-refractivity contribution in [3.63, 3.8) is 0 Å². The fourth-order valence-corrected chi connectivity index (χ4v) is 2.06. The zero-order valence-corrected chi connectivity index (χ0v) is 13.7. The Hall–Kier alpha value is -2.28. The molecule has 0 spiro atoms. The molecule has 1 amide bonds. The van der Waals surface area contributed by atoms with Crippen molar-refractivity contribution in [3.05, 3.63) is 46.3 Å². The molecule has 6 nitrogen and oxygen atoms in total. The van der Waals surface area contributed by atoms with Gasteiger partial charge in [0, 0.05) is 0 Å². The summed E-state index contributed by atoms with van der Waals surface area (Å²) in [4.78, 5) is 11.6. The van der Waals surface area contributed by atoms with Crippen LogP contribution < -0.4 is 14.9 Å². The zero-order valence-electron chi connectivity index (χ0n) is 12.1. The minimum Gasteiger partial charge on any atom is -0.497 e. The molecule has 0 fully saturated rings. The van der Waals surface area contributed by atoms with Crippen molar-refractivity contribution in [2.24, 2.45) is 5.10 Å². The van der Waals surface area contributed by atoms with E-state index in [1.54, 1.807) is 31.4 Å². The van der Waals surface area contributed by atoms with Gasteiger partial charge in [-0.05, 0) is 53.2 Å². The molecule has 1 aromatic heterocycles. The molecule has 0 aliphatic rings. The maximum absolute atomic E-state index is 11.6. The van der Waals surface area contributed by atoms with E-state index in [9.17, 15) is 4.79 Å². The molecule has 116 valence electrons. The number of amides is 1. The normalized spacial score (nSPS) is 10.7. The average Bonchev–Trinajstić information content (AvgIpc) is 2.91. The molecule has 0 atom stereocenters. The molecule has 0 aliphatic carbocycles. The van der Waals surface area contributed by atoms with Crippen molar-refractivity contribution in [2.75, 3.05) is 13.7 Å². The number of benzene rings is 1. The van der Waals surface area contributed by atoms with Crippen molar-refractivity contribution >= 4 is 28.1 Å². The molecular weight excluding hydrogens is 352 g/mol. The number of ether oxygens (including phenoxy) is 2. The highest BCUT2D eigenvalue weighted by Crippen LogP contribution is 2.28. The molecule has 0 bridgehead atoms. The van der Waals surface area contributed by atoms with Gasteiger partial charge in [-0.25, -0.2) is 5.43 Å². The lowest BCUT2D eigenvalue weighted by atomic mass is 10.3. The zero-order chi connectivity index (χ0) is 15.9. The van der Waals surface area contributed by atoms with Crippen molar-refractivity contribution in [3.8, 4) is 11.5 Å². The number of hydrazone groups is 1. The fraction of sp³-hybridized carbons (Fsp3) is 0.200. The number of furan rings is 1. The van der Waals surface area contributed by atoms with E-state index in [1.165, 1.54) is 6.21 Å². The monoisotopic (exact) mass is 366 g/mol. The van der Waals surface area contributed by atoms with Crippen molar-refractivity contribution in [1.29, 1.82) is 0 Å². The summed E-state index contributed by atoms with van der Waals surface area (Å²) >= 11 is 3.34. The first-order valence-corrected chi connectivity index (χ1v) is 7.22. The van der Waals surface area contributed by atoms with Gasteiger partial charge in [0.1, 0.15) is 23.0 Å². The molecule has 0 saturated carbocycles. The first-order valence-electron chi connectivity index (χ1n) is 6.43. The summed E-state index contributed by atoms with van der Waals surface area (Å²) in [6.45, 7) is 1.68. The standard InChI is InChI=1S/C15H15BrN2O4/c1-10-3-4-12(22-10)8-17-18-15(19)9-21-14-6-5-11(20-2)7-13(14)16/h3-8H,9H2,1-2H3,(H,18,19)/b17-8+. The molecule has 0 unspecified atom stereocenters. The number of nitrogens with zero attached hydrogens (tertiary/aromatic N) is 1. The summed E-state index contributed by atoms with van der Waals surface area (Å²) in [5.41, 5.74) is 2.36. The first kappa shape index (κ1) is 16.1. The number of carbonyl (C=O) groups is 1. The van der Waals surface area contributed by atoms with E-state index in [-0.39, 0.29) is 12.5 Å². The molecule has 0 saturated heterocycles. The molecule has 2 rings (SSSR count). The maximum atomic E-state index is 11.6. The number of hydrogen-bond acceptors (Lipinski definition) is 5. The number of halogens is 1. The third-order valence-corrected chi connectivity index (χ3v) is 3.26. The lowest BCUT2D eigenvalue weighted by molar-refractivity contribution is -0.123. The minimum absolute atomic E-state index is 0.153. The second-order valence-electron chi connectivity index (χ2n) is 4.33. The van der Waals surface area contributed by atoms with Crippen LogP contribution >= 0.6 is 15.9 Å². The Bertz CT molecular complexity index is 682. The highest BCUT2D eigenvalue weighted by molar-refractivity contribution is 9.10. The summed E-state index contributed by atoms with van der Waals surface area (Å²) in [6.07, 6.45) is 1.42. The van der Waals surface area contributed by atoms with Gasteiger partial charge in [-0.15, -0.1) is 0 Å². The van der Waals surface area contributed by atoms with Crippen LogP contribution in [0.3, 0.4) is 0 Å². The van der Waals surface area contributed by atoms with Crippen LogP contribution in [0.15, 0.2) is 44.3 Å². The molecule has 0 radical (unpaired) electrons. The first-order chi connectivity index (χ1) is 10.6. The van der Waals surface area contributed by atoms with Gasteiger partial charge in [-0.1, -0.05) is 0 Å². The van der Waals surface area contributed by atoms with Crippen LogP contribution in [0.2, 0.25) is 0 Å². The Morgan fingerprint density at radius 3 is 2.86 bits per heavy atom. The van der Waals surface area contributed by atoms with Crippen LogP contribution in [-0.2, 0) is 4.79 Å². The quantitative estimate of drug-likeness (QED) is 0.630. The SMILES string of the molecule is COc1ccc(OCC(=O)N/N=C/c2ccc(C)o2)c(Br)c1. The van der Waals surface area contributed by atoms with E-state index in [0.717, 1.165) is 5.76 Å². The van der Waals surface area contributed by atoms with Crippen molar-refractivity contribution in [1.82, 2.24) is 5.43 Å². The van der Waals surface area contributed by atoms with E-state index < -0.39 is 0 Å². The van der Waals surface area contributed by atoms with Crippen molar-refractivity contribution in [2.45, 2.75) is 6.92 Å².